The van der Waals surface area contributed by atoms with E-state index in [4.69, 9.17) is 4.74 Å². The average molecular weight is 338 g/mol. The highest BCUT2D eigenvalue weighted by Gasteiger charge is 1.98. The van der Waals surface area contributed by atoms with Gasteiger partial charge in [-0.2, -0.15) is 11.8 Å². The summed E-state index contributed by atoms with van der Waals surface area (Å²) in [5.41, 5.74) is 2.70. The number of aliphatic imine (C=N–C) groups is 1. The quantitative estimate of drug-likeness (QED) is 0.370. The monoisotopic (exact) mass is 337 g/mol. The number of unbranched alkanes of at least 4 members (excludes halogenated alkanes) is 1. The molecule has 0 saturated carbocycles. The van der Waals surface area contributed by atoms with Crippen molar-refractivity contribution in [2.24, 2.45) is 4.99 Å². The molecular weight excluding hydrogens is 306 g/mol. The number of guanidine groups is 1. The third-order valence-electron chi connectivity index (χ3n) is 3.36. The van der Waals surface area contributed by atoms with Crippen LogP contribution in [0.3, 0.4) is 0 Å². The molecule has 1 rings (SSSR count). The number of nitrogens with one attached hydrogen (secondary N) is 2. The van der Waals surface area contributed by atoms with Gasteiger partial charge in [-0.3, -0.25) is 4.99 Å². The second kappa shape index (κ2) is 13.3. The largest absolute Gasteiger partial charge is 0.382 e. The lowest BCUT2D eigenvalue weighted by atomic mass is 10.2. The Morgan fingerprint density at radius 1 is 1.13 bits per heavy atom. The van der Waals surface area contributed by atoms with E-state index in [2.05, 4.69) is 46.8 Å². The van der Waals surface area contributed by atoms with E-state index in [0.29, 0.717) is 0 Å². The summed E-state index contributed by atoms with van der Waals surface area (Å²) in [4.78, 5) is 4.24. The molecule has 0 spiro atoms. The topological polar surface area (TPSA) is 45.6 Å². The molecule has 0 unspecified atom stereocenters. The normalized spacial score (nSPS) is 11.5. The number of hydrogen-bond donors (Lipinski definition) is 2. The summed E-state index contributed by atoms with van der Waals surface area (Å²) in [6.45, 7) is 7.66. The number of benzene rings is 1. The molecule has 0 aliphatic heterocycles. The zero-order valence-corrected chi connectivity index (χ0v) is 15.5. The standard InChI is InChI=1S/C18H31N3OS/c1-4-22-13-6-5-11-20-18(19-3)21-12-14-23-15-17-9-7-16(2)8-10-17/h7-10H,4-6,11-15H2,1-3H3,(H2,19,20,21). The Labute approximate surface area is 145 Å². The van der Waals surface area contributed by atoms with Gasteiger partial charge in [-0.15, -0.1) is 0 Å². The molecule has 23 heavy (non-hydrogen) atoms. The van der Waals surface area contributed by atoms with Crippen LogP contribution in [-0.2, 0) is 10.5 Å². The van der Waals surface area contributed by atoms with Crippen molar-refractivity contribution >= 4 is 17.7 Å². The molecule has 1 aromatic rings. The molecule has 0 atom stereocenters. The third kappa shape index (κ3) is 10.2. The van der Waals surface area contributed by atoms with Crippen molar-refractivity contribution in [3.8, 4) is 0 Å². The first kappa shape index (κ1) is 19.8. The molecule has 0 saturated heterocycles. The second-order valence-corrected chi connectivity index (χ2v) is 6.47. The maximum Gasteiger partial charge on any atom is 0.191 e. The number of hydrogen-bond acceptors (Lipinski definition) is 3. The minimum Gasteiger partial charge on any atom is -0.382 e. The van der Waals surface area contributed by atoms with Crippen molar-refractivity contribution in [1.82, 2.24) is 10.6 Å². The molecule has 0 aliphatic carbocycles. The van der Waals surface area contributed by atoms with Crippen molar-refractivity contribution in [3.05, 3.63) is 35.4 Å². The van der Waals surface area contributed by atoms with Crippen molar-refractivity contribution in [3.63, 3.8) is 0 Å². The number of ether oxygens (including phenoxy) is 1. The SMILES string of the molecule is CCOCCCCNC(=NC)NCCSCc1ccc(C)cc1. The molecule has 1 aromatic carbocycles. The van der Waals surface area contributed by atoms with Gasteiger partial charge in [0, 0.05) is 44.9 Å². The van der Waals surface area contributed by atoms with Crippen LogP contribution in [0.25, 0.3) is 0 Å². The van der Waals surface area contributed by atoms with E-state index in [0.717, 1.165) is 56.6 Å². The number of aryl methyl sites for hydroxylation is 1. The van der Waals surface area contributed by atoms with Gasteiger partial charge in [0.05, 0.1) is 0 Å². The number of rotatable bonds is 11. The Morgan fingerprint density at radius 3 is 2.57 bits per heavy atom. The van der Waals surface area contributed by atoms with Crippen molar-refractivity contribution in [2.45, 2.75) is 32.4 Å². The van der Waals surface area contributed by atoms with Crippen molar-refractivity contribution in [1.29, 1.82) is 0 Å². The van der Waals surface area contributed by atoms with Crippen molar-refractivity contribution in [2.75, 3.05) is 39.1 Å². The second-order valence-electron chi connectivity index (χ2n) is 5.37. The number of thioether (sulfide) groups is 1. The first-order chi connectivity index (χ1) is 11.3. The molecule has 0 radical (unpaired) electrons. The highest BCUT2D eigenvalue weighted by atomic mass is 32.2. The van der Waals surface area contributed by atoms with Crippen LogP contribution in [-0.4, -0.2) is 45.1 Å². The first-order valence-electron chi connectivity index (χ1n) is 8.41. The molecule has 0 heterocycles. The van der Waals surface area contributed by atoms with Gasteiger partial charge in [0.2, 0.25) is 0 Å². The van der Waals surface area contributed by atoms with Crippen LogP contribution < -0.4 is 10.6 Å². The minimum absolute atomic E-state index is 0.802. The lowest BCUT2D eigenvalue weighted by Crippen LogP contribution is -2.38. The molecule has 0 fully saturated rings. The van der Waals surface area contributed by atoms with Crippen LogP contribution in [0.2, 0.25) is 0 Å². The van der Waals surface area contributed by atoms with Crippen LogP contribution in [0.1, 0.15) is 30.9 Å². The molecule has 4 nitrogen and oxygen atoms in total. The van der Waals surface area contributed by atoms with E-state index in [1.165, 1.54) is 11.1 Å². The highest BCUT2D eigenvalue weighted by Crippen LogP contribution is 2.12. The van der Waals surface area contributed by atoms with E-state index in [1.54, 1.807) is 0 Å². The summed E-state index contributed by atoms with van der Waals surface area (Å²) < 4.78 is 5.33. The fourth-order valence-corrected chi connectivity index (χ4v) is 2.84. The Morgan fingerprint density at radius 2 is 1.87 bits per heavy atom. The molecule has 0 aromatic heterocycles. The first-order valence-corrected chi connectivity index (χ1v) is 9.57. The van der Waals surface area contributed by atoms with Crippen LogP contribution in [0.4, 0.5) is 0 Å². The summed E-state index contributed by atoms with van der Waals surface area (Å²) in [6.07, 6.45) is 2.19. The predicted molar refractivity (Wildman–Crippen MR) is 102 cm³/mol. The summed E-state index contributed by atoms with van der Waals surface area (Å²) >= 11 is 1.94. The van der Waals surface area contributed by atoms with Gasteiger partial charge < -0.3 is 15.4 Å². The van der Waals surface area contributed by atoms with Gasteiger partial charge in [-0.25, -0.2) is 0 Å². The van der Waals surface area contributed by atoms with E-state index in [1.807, 2.05) is 25.7 Å². The molecule has 0 bridgehead atoms. The maximum atomic E-state index is 5.33. The van der Waals surface area contributed by atoms with Crippen molar-refractivity contribution < 1.29 is 4.74 Å². The van der Waals surface area contributed by atoms with E-state index in [-0.39, 0.29) is 0 Å². The van der Waals surface area contributed by atoms with Gasteiger partial charge >= 0.3 is 0 Å². The van der Waals surface area contributed by atoms with Gasteiger partial charge in [0.1, 0.15) is 0 Å². The summed E-state index contributed by atoms with van der Waals surface area (Å²) in [7, 11) is 1.81. The zero-order valence-electron chi connectivity index (χ0n) is 14.7. The van der Waals surface area contributed by atoms with Gasteiger partial charge in [-0.1, -0.05) is 29.8 Å². The van der Waals surface area contributed by atoms with Crippen LogP contribution in [0.5, 0.6) is 0 Å². The highest BCUT2D eigenvalue weighted by molar-refractivity contribution is 7.98. The Kier molecular flexibility index (Phi) is 11.4. The maximum absolute atomic E-state index is 5.33. The molecule has 0 amide bonds. The van der Waals surface area contributed by atoms with Crippen LogP contribution in [0, 0.1) is 6.92 Å². The minimum atomic E-state index is 0.802. The molecule has 2 N–H and O–H groups in total. The number of nitrogens with zero attached hydrogens (tertiary/aromatic N) is 1. The van der Waals surface area contributed by atoms with Gasteiger partial charge in [0.15, 0.2) is 5.96 Å². The third-order valence-corrected chi connectivity index (χ3v) is 4.39. The average Bonchev–Trinajstić information content (AvgIpc) is 2.57. The predicted octanol–water partition coefficient (Wildman–Crippen LogP) is 3.21. The molecule has 130 valence electrons. The Bertz CT molecular complexity index is 434. The Hall–Kier alpha value is -1.20. The summed E-state index contributed by atoms with van der Waals surface area (Å²) in [5.74, 6) is 3.02. The Balaban J connectivity index is 2.03. The van der Waals surface area contributed by atoms with E-state index in [9.17, 15) is 0 Å². The van der Waals surface area contributed by atoms with Gasteiger partial charge in [-0.05, 0) is 32.3 Å². The van der Waals surface area contributed by atoms with Crippen LogP contribution >= 0.6 is 11.8 Å². The molecular formula is C18H31N3OS. The fourth-order valence-electron chi connectivity index (χ4n) is 2.02. The lowest BCUT2D eigenvalue weighted by Gasteiger charge is -2.11. The molecule has 5 heteroatoms. The lowest BCUT2D eigenvalue weighted by molar-refractivity contribution is 0.143. The van der Waals surface area contributed by atoms with E-state index < -0.39 is 0 Å². The zero-order chi connectivity index (χ0) is 16.8. The fraction of sp³-hybridized carbons (Fsp3) is 0.611. The summed E-state index contributed by atoms with van der Waals surface area (Å²) in [6, 6.07) is 8.76. The molecule has 0 aliphatic rings. The van der Waals surface area contributed by atoms with E-state index >= 15 is 0 Å². The summed E-state index contributed by atoms with van der Waals surface area (Å²) in [5, 5.41) is 6.69. The van der Waals surface area contributed by atoms with Crippen LogP contribution in [0.15, 0.2) is 29.3 Å². The smallest absolute Gasteiger partial charge is 0.191 e. The van der Waals surface area contributed by atoms with Gasteiger partial charge in [0.25, 0.3) is 0 Å².